The van der Waals surface area contributed by atoms with Gasteiger partial charge in [0.15, 0.2) is 11.5 Å². The predicted molar refractivity (Wildman–Crippen MR) is 78.4 cm³/mol. The van der Waals surface area contributed by atoms with Crippen molar-refractivity contribution in [2.75, 3.05) is 37.4 Å². The summed E-state index contributed by atoms with van der Waals surface area (Å²) in [5.74, 6) is 2.16. The highest BCUT2D eigenvalue weighted by Gasteiger charge is 2.13. The normalized spacial score (nSPS) is 13.0. The molecule has 21 heavy (non-hydrogen) atoms. The van der Waals surface area contributed by atoms with Crippen LogP contribution in [-0.4, -0.2) is 41.4 Å². The molecular formula is C14H16N4O3. The molecule has 110 valence electrons. The molecule has 2 aromatic rings. The maximum absolute atomic E-state index is 8.85. The van der Waals surface area contributed by atoms with Crippen LogP contribution < -0.4 is 20.5 Å². The molecule has 0 saturated heterocycles. The quantitative estimate of drug-likeness (QED) is 0.768. The number of aromatic nitrogens is 2. The van der Waals surface area contributed by atoms with E-state index >= 15 is 0 Å². The summed E-state index contributed by atoms with van der Waals surface area (Å²) in [7, 11) is 0. The molecule has 0 aliphatic carbocycles. The summed E-state index contributed by atoms with van der Waals surface area (Å²) in [6.07, 6.45) is 0. The standard InChI is InChI=1S/C14H16N4O3/c15-14-17-10(8-13(18-14)16-3-4-19)9-1-2-11-12(7-9)21-6-5-20-11/h1-2,7-8,19H,3-6H2,(H3,15,16,17,18). The highest BCUT2D eigenvalue weighted by Crippen LogP contribution is 2.34. The van der Waals surface area contributed by atoms with Gasteiger partial charge in [-0.2, -0.15) is 4.98 Å². The van der Waals surface area contributed by atoms with E-state index in [1.807, 2.05) is 18.2 Å². The highest BCUT2D eigenvalue weighted by atomic mass is 16.6. The Kier molecular flexibility index (Phi) is 3.74. The third kappa shape index (κ3) is 2.97. The van der Waals surface area contributed by atoms with Gasteiger partial charge in [0.2, 0.25) is 5.95 Å². The van der Waals surface area contributed by atoms with Gasteiger partial charge >= 0.3 is 0 Å². The van der Waals surface area contributed by atoms with Crippen molar-refractivity contribution in [1.29, 1.82) is 0 Å². The molecule has 0 fully saturated rings. The van der Waals surface area contributed by atoms with Gasteiger partial charge < -0.3 is 25.6 Å². The van der Waals surface area contributed by atoms with E-state index in [1.165, 1.54) is 0 Å². The maximum Gasteiger partial charge on any atom is 0.222 e. The van der Waals surface area contributed by atoms with Crippen molar-refractivity contribution < 1.29 is 14.6 Å². The Labute approximate surface area is 121 Å². The van der Waals surface area contributed by atoms with Gasteiger partial charge in [0.05, 0.1) is 12.3 Å². The Morgan fingerprint density at radius 2 is 1.95 bits per heavy atom. The first-order valence-electron chi connectivity index (χ1n) is 6.65. The van der Waals surface area contributed by atoms with Crippen molar-refractivity contribution in [1.82, 2.24) is 9.97 Å². The van der Waals surface area contributed by atoms with Crippen LogP contribution in [0.5, 0.6) is 11.5 Å². The fourth-order valence-electron chi connectivity index (χ4n) is 2.09. The van der Waals surface area contributed by atoms with E-state index in [2.05, 4.69) is 15.3 Å². The number of aliphatic hydroxyl groups is 1. The van der Waals surface area contributed by atoms with Gasteiger partial charge in [0.25, 0.3) is 0 Å². The van der Waals surface area contributed by atoms with E-state index < -0.39 is 0 Å². The molecule has 0 spiro atoms. The summed E-state index contributed by atoms with van der Waals surface area (Å²) in [4.78, 5) is 8.30. The van der Waals surface area contributed by atoms with E-state index in [-0.39, 0.29) is 12.6 Å². The molecule has 0 atom stereocenters. The minimum absolute atomic E-state index is 0.0171. The topological polar surface area (TPSA) is 103 Å². The van der Waals surface area contributed by atoms with Crippen LogP contribution >= 0.6 is 0 Å². The summed E-state index contributed by atoms with van der Waals surface area (Å²) in [6.45, 7) is 1.51. The van der Waals surface area contributed by atoms with Gasteiger partial charge in [-0.15, -0.1) is 0 Å². The lowest BCUT2D eigenvalue weighted by Crippen LogP contribution is -2.15. The number of nitrogen functional groups attached to an aromatic ring is 1. The fourth-order valence-corrected chi connectivity index (χ4v) is 2.09. The molecule has 4 N–H and O–H groups in total. The van der Waals surface area contributed by atoms with Crippen LogP contribution in [0, 0.1) is 0 Å². The number of hydrogen-bond donors (Lipinski definition) is 3. The Balaban J connectivity index is 1.94. The summed E-state index contributed by atoms with van der Waals surface area (Å²) in [6, 6.07) is 7.39. The Morgan fingerprint density at radius 1 is 1.14 bits per heavy atom. The molecule has 0 bridgehead atoms. The van der Waals surface area contributed by atoms with Crippen LogP contribution in [0.3, 0.4) is 0 Å². The minimum atomic E-state index is 0.0171. The maximum atomic E-state index is 8.85. The lowest BCUT2D eigenvalue weighted by atomic mass is 10.1. The van der Waals surface area contributed by atoms with E-state index in [0.717, 1.165) is 11.3 Å². The number of hydrogen-bond acceptors (Lipinski definition) is 7. The molecule has 0 amide bonds. The second kappa shape index (κ2) is 5.84. The average molecular weight is 288 g/mol. The first kappa shape index (κ1) is 13.4. The van der Waals surface area contributed by atoms with Gasteiger partial charge in [-0.05, 0) is 18.2 Å². The van der Waals surface area contributed by atoms with Crippen molar-refractivity contribution in [3.8, 4) is 22.8 Å². The molecule has 0 saturated carbocycles. The van der Waals surface area contributed by atoms with Gasteiger partial charge in [0, 0.05) is 18.2 Å². The van der Waals surface area contributed by atoms with Crippen LogP contribution in [0.25, 0.3) is 11.3 Å². The SMILES string of the molecule is Nc1nc(NCCO)cc(-c2ccc3c(c2)OCCO3)n1. The molecule has 1 aliphatic heterocycles. The lowest BCUT2D eigenvalue weighted by molar-refractivity contribution is 0.171. The summed E-state index contributed by atoms with van der Waals surface area (Å²) in [5, 5.41) is 11.8. The second-order valence-corrected chi connectivity index (χ2v) is 4.51. The number of rotatable bonds is 4. The zero-order valence-corrected chi connectivity index (χ0v) is 11.4. The summed E-state index contributed by atoms with van der Waals surface area (Å²) in [5.41, 5.74) is 7.27. The smallest absolute Gasteiger partial charge is 0.222 e. The largest absolute Gasteiger partial charge is 0.486 e. The highest BCUT2D eigenvalue weighted by molar-refractivity contribution is 5.67. The Hall–Kier alpha value is -2.54. The number of nitrogens with one attached hydrogen (secondary N) is 1. The first-order chi connectivity index (χ1) is 10.3. The number of anilines is 2. The molecule has 0 unspecified atom stereocenters. The zero-order valence-electron chi connectivity index (χ0n) is 11.4. The molecule has 1 aliphatic rings. The van der Waals surface area contributed by atoms with Crippen molar-refractivity contribution in [3.05, 3.63) is 24.3 Å². The van der Waals surface area contributed by atoms with Crippen molar-refractivity contribution >= 4 is 11.8 Å². The average Bonchev–Trinajstić information content (AvgIpc) is 2.52. The Bertz CT molecular complexity index is 648. The molecule has 2 heterocycles. The van der Waals surface area contributed by atoms with Gasteiger partial charge in [0.1, 0.15) is 19.0 Å². The summed E-state index contributed by atoms with van der Waals surface area (Å²) < 4.78 is 11.1. The number of benzene rings is 1. The van der Waals surface area contributed by atoms with E-state index in [1.54, 1.807) is 6.07 Å². The second-order valence-electron chi connectivity index (χ2n) is 4.51. The van der Waals surface area contributed by atoms with Crippen molar-refractivity contribution in [3.63, 3.8) is 0 Å². The number of ether oxygens (including phenoxy) is 2. The molecule has 7 nitrogen and oxygen atoms in total. The fraction of sp³-hybridized carbons (Fsp3) is 0.286. The predicted octanol–water partition coefficient (Wildman–Crippen LogP) is 0.901. The summed E-state index contributed by atoms with van der Waals surface area (Å²) >= 11 is 0. The first-order valence-corrected chi connectivity index (χ1v) is 6.65. The van der Waals surface area contributed by atoms with Crippen LogP contribution in [0.1, 0.15) is 0 Å². The molecular weight excluding hydrogens is 272 g/mol. The van der Waals surface area contributed by atoms with Crippen LogP contribution in [0.15, 0.2) is 24.3 Å². The molecule has 1 aromatic heterocycles. The molecule has 1 aromatic carbocycles. The number of aliphatic hydroxyl groups excluding tert-OH is 1. The number of nitrogens with two attached hydrogens (primary N) is 1. The van der Waals surface area contributed by atoms with Gasteiger partial charge in [-0.3, -0.25) is 0 Å². The van der Waals surface area contributed by atoms with Crippen LogP contribution in [0.4, 0.5) is 11.8 Å². The van der Waals surface area contributed by atoms with Crippen molar-refractivity contribution in [2.24, 2.45) is 0 Å². The molecule has 0 radical (unpaired) electrons. The number of nitrogens with zero attached hydrogens (tertiary/aromatic N) is 2. The Morgan fingerprint density at radius 3 is 2.76 bits per heavy atom. The monoisotopic (exact) mass is 288 g/mol. The van der Waals surface area contributed by atoms with Crippen molar-refractivity contribution in [2.45, 2.75) is 0 Å². The number of fused-ring (bicyclic) bond motifs is 1. The minimum Gasteiger partial charge on any atom is -0.486 e. The van der Waals surface area contributed by atoms with Crippen LogP contribution in [-0.2, 0) is 0 Å². The molecule has 7 heteroatoms. The van der Waals surface area contributed by atoms with E-state index in [9.17, 15) is 0 Å². The van der Waals surface area contributed by atoms with Gasteiger partial charge in [-0.25, -0.2) is 4.98 Å². The third-order valence-corrected chi connectivity index (χ3v) is 3.00. The zero-order chi connectivity index (χ0) is 14.7. The lowest BCUT2D eigenvalue weighted by Gasteiger charge is -2.18. The molecule has 3 rings (SSSR count). The van der Waals surface area contributed by atoms with Gasteiger partial charge in [-0.1, -0.05) is 0 Å². The van der Waals surface area contributed by atoms with Crippen LogP contribution in [0.2, 0.25) is 0 Å². The third-order valence-electron chi connectivity index (χ3n) is 3.00. The van der Waals surface area contributed by atoms with E-state index in [0.29, 0.717) is 37.0 Å². The van der Waals surface area contributed by atoms with E-state index in [4.69, 9.17) is 20.3 Å².